The van der Waals surface area contributed by atoms with E-state index in [1.54, 1.807) is 5.38 Å². The van der Waals surface area contributed by atoms with Gasteiger partial charge in [-0.25, -0.2) is 17.8 Å². The van der Waals surface area contributed by atoms with E-state index in [2.05, 4.69) is 15.0 Å². The van der Waals surface area contributed by atoms with Gasteiger partial charge >= 0.3 is 0 Å². The van der Waals surface area contributed by atoms with Crippen LogP contribution in [0, 0.1) is 5.82 Å². The first-order chi connectivity index (χ1) is 11.9. The molecule has 3 rings (SSSR count). The fourth-order valence-electron chi connectivity index (χ4n) is 1.97. The number of halogens is 1. The number of carbonyl (C=O) groups is 1. The van der Waals surface area contributed by atoms with Gasteiger partial charge in [0.25, 0.3) is 15.9 Å². The average Bonchev–Trinajstić information content (AvgIpc) is 3.08. The fraction of sp³-hybridized carbons (Fsp3) is 0. The number of anilines is 2. The van der Waals surface area contributed by atoms with Gasteiger partial charge in [0.15, 0.2) is 5.13 Å². The number of carbonyl (C=O) groups excluding carboxylic acids is 1. The normalized spacial score (nSPS) is 11.1. The third-order valence-electron chi connectivity index (χ3n) is 3.18. The summed E-state index contributed by atoms with van der Waals surface area (Å²) in [6.45, 7) is 0. The van der Waals surface area contributed by atoms with Crippen LogP contribution in [0.2, 0.25) is 0 Å². The van der Waals surface area contributed by atoms with Crippen molar-refractivity contribution in [1.29, 1.82) is 0 Å². The molecular weight excluding hydrogens is 365 g/mol. The van der Waals surface area contributed by atoms with Gasteiger partial charge in [-0.1, -0.05) is 0 Å². The second kappa shape index (κ2) is 6.99. The molecule has 0 atom stereocenters. The summed E-state index contributed by atoms with van der Waals surface area (Å²) in [7, 11) is -3.74. The summed E-state index contributed by atoms with van der Waals surface area (Å²) in [5, 5.41) is 4.55. The summed E-state index contributed by atoms with van der Waals surface area (Å²) in [6, 6.07) is 10.8. The number of nitrogens with one attached hydrogen (secondary N) is 2. The topological polar surface area (TPSA) is 88.2 Å². The molecule has 0 bridgehead atoms. The molecule has 128 valence electrons. The van der Waals surface area contributed by atoms with Crippen LogP contribution in [0.25, 0.3) is 0 Å². The van der Waals surface area contributed by atoms with E-state index in [-0.39, 0.29) is 10.0 Å². The first kappa shape index (κ1) is 17.1. The van der Waals surface area contributed by atoms with E-state index < -0.39 is 21.7 Å². The Labute approximate surface area is 147 Å². The Hall–Kier alpha value is -2.78. The van der Waals surface area contributed by atoms with Gasteiger partial charge in [0.2, 0.25) is 0 Å². The summed E-state index contributed by atoms with van der Waals surface area (Å²) in [4.78, 5) is 16.0. The zero-order chi connectivity index (χ0) is 17.9. The number of sulfonamides is 1. The van der Waals surface area contributed by atoms with Crippen LogP contribution >= 0.6 is 11.3 Å². The molecule has 2 N–H and O–H groups in total. The van der Waals surface area contributed by atoms with E-state index in [1.165, 1.54) is 66.1 Å². The third-order valence-corrected chi connectivity index (χ3v) is 5.36. The lowest BCUT2D eigenvalue weighted by Crippen LogP contribution is -2.14. The fourth-order valence-corrected chi connectivity index (χ4v) is 3.76. The zero-order valence-corrected chi connectivity index (χ0v) is 14.3. The van der Waals surface area contributed by atoms with Crippen LogP contribution < -0.4 is 10.0 Å². The molecule has 0 aliphatic carbocycles. The van der Waals surface area contributed by atoms with Gasteiger partial charge in [-0.2, -0.15) is 0 Å². The number of amides is 1. The van der Waals surface area contributed by atoms with E-state index in [0.717, 1.165) is 0 Å². The number of thiazole rings is 1. The van der Waals surface area contributed by atoms with Gasteiger partial charge in [-0.05, 0) is 48.5 Å². The highest BCUT2D eigenvalue weighted by Gasteiger charge is 2.15. The Kier molecular flexibility index (Phi) is 4.77. The van der Waals surface area contributed by atoms with Crippen molar-refractivity contribution in [2.24, 2.45) is 0 Å². The summed E-state index contributed by atoms with van der Waals surface area (Å²) in [5.74, 6) is -0.852. The molecule has 0 saturated heterocycles. The lowest BCUT2D eigenvalue weighted by molar-refractivity contribution is 0.102. The molecule has 1 heterocycles. The highest BCUT2D eigenvalue weighted by atomic mass is 32.2. The SMILES string of the molecule is O=C(Nc1ccc(S(=O)(=O)Nc2nccs2)cc1)c1ccc(F)cc1. The quantitative estimate of drug-likeness (QED) is 0.714. The van der Waals surface area contributed by atoms with Crippen molar-refractivity contribution >= 4 is 38.1 Å². The molecule has 0 fully saturated rings. The van der Waals surface area contributed by atoms with Crippen molar-refractivity contribution in [2.45, 2.75) is 4.90 Å². The maximum absolute atomic E-state index is 12.9. The minimum Gasteiger partial charge on any atom is -0.322 e. The molecule has 0 aliphatic heterocycles. The number of aromatic nitrogens is 1. The third kappa shape index (κ3) is 4.20. The predicted octanol–water partition coefficient (Wildman–Crippen LogP) is 3.34. The van der Waals surface area contributed by atoms with Gasteiger partial charge in [0.1, 0.15) is 5.82 Å². The van der Waals surface area contributed by atoms with Crippen LogP contribution in [0.1, 0.15) is 10.4 Å². The minimum absolute atomic E-state index is 0.0440. The van der Waals surface area contributed by atoms with E-state index in [4.69, 9.17) is 0 Å². The lowest BCUT2D eigenvalue weighted by Gasteiger charge is -2.08. The molecule has 1 amide bonds. The van der Waals surface area contributed by atoms with Crippen molar-refractivity contribution in [3.8, 4) is 0 Å². The Morgan fingerprint density at radius 3 is 2.32 bits per heavy atom. The van der Waals surface area contributed by atoms with Gasteiger partial charge in [0, 0.05) is 22.8 Å². The first-order valence-corrected chi connectivity index (χ1v) is 9.40. The number of benzene rings is 2. The minimum atomic E-state index is -3.74. The molecule has 25 heavy (non-hydrogen) atoms. The Morgan fingerprint density at radius 1 is 1.04 bits per heavy atom. The van der Waals surface area contributed by atoms with Crippen molar-refractivity contribution < 1.29 is 17.6 Å². The maximum Gasteiger partial charge on any atom is 0.263 e. The van der Waals surface area contributed by atoms with Gasteiger partial charge in [0.05, 0.1) is 4.90 Å². The van der Waals surface area contributed by atoms with Crippen LogP contribution in [-0.2, 0) is 10.0 Å². The molecule has 0 spiro atoms. The standard InChI is InChI=1S/C16H12FN3O3S2/c17-12-3-1-11(2-4-12)15(21)19-13-5-7-14(8-6-13)25(22,23)20-16-18-9-10-24-16/h1-10H,(H,18,20)(H,19,21). The maximum atomic E-state index is 12.9. The molecule has 2 aromatic carbocycles. The number of rotatable bonds is 5. The number of hydrogen-bond acceptors (Lipinski definition) is 5. The van der Waals surface area contributed by atoms with Crippen molar-refractivity contribution in [3.63, 3.8) is 0 Å². The van der Waals surface area contributed by atoms with Crippen LogP contribution in [0.5, 0.6) is 0 Å². The van der Waals surface area contributed by atoms with Crippen LogP contribution in [0.4, 0.5) is 15.2 Å². The molecule has 3 aromatic rings. The summed E-state index contributed by atoms with van der Waals surface area (Å²) < 4.78 is 39.7. The van der Waals surface area contributed by atoms with Gasteiger partial charge in [-0.3, -0.25) is 9.52 Å². The molecule has 1 aromatic heterocycles. The molecule has 6 nitrogen and oxygen atoms in total. The monoisotopic (exact) mass is 377 g/mol. The molecule has 0 aliphatic rings. The van der Waals surface area contributed by atoms with Crippen molar-refractivity contribution in [1.82, 2.24) is 4.98 Å². The zero-order valence-electron chi connectivity index (χ0n) is 12.6. The van der Waals surface area contributed by atoms with E-state index >= 15 is 0 Å². The Balaban J connectivity index is 1.71. The molecule has 0 radical (unpaired) electrons. The average molecular weight is 377 g/mol. The molecule has 9 heteroatoms. The predicted molar refractivity (Wildman–Crippen MR) is 93.7 cm³/mol. The van der Waals surface area contributed by atoms with Crippen LogP contribution in [0.15, 0.2) is 65.0 Å². The van der Waals surface area contributed by atoms with Crippen molar-refractivity contribution in [2.75, 3.05) is 10.0 Å². The molecular formula is C16H12FN3O3S2. The lowest BCUT2D eigenvalue weighted by atomic mass is 10.2. The number of hydrogen-bond donors (Lipinski definition) is 2. The van der Waals surface area contributed by atoms with Crippen LogP contribution in [0.3, 0.4) is 0 Å². The second-order valence-corrected chi connectivity index (χ2v) is 7.51. The largest absolute Gasteiger partial charge is 0.322 e. The summed E-state index contributed by atoms with van der Waals surface area (Å²) >= 11 is 1.17. The van der Waals surface area contributed by atoms with E-state index in [9.17, 15) is 17.6 Å². The van der Waals surface area contributed by atoms with Crippen molar-refractivity contribution in [3.05, 3.63) is 71.5 Å². The van der Waals surface area contributed by atoms with E-state index in [1.807, 2.05) is 0 Å². The molecule has 0 saturated carbocycles. The number of nitrogens with zero attached hydrogens (tertiary/aromatic N) is 1. The first-order valence-electron chi connectivity index (χ1n) is 7.03. The highest BCUT2D eigenvalue weighted by Crippen LogP contribution is 2.20. The smallest absolute Gasteiger partial charge is 0.263 e. The second-order valence-electron chi connectivity index (χ2n) is 4.93. The van der Waals surface area contributed by atoms with Crippen LogP contribution in [-0.4, -0.2) is 19.3 Å². The highest BCUT2D eigenvalue weighted by molar-refractivity contribution is 7.93. The van der Waals surface area contributed by atoms with Gasteiger partial charge in [-0.15, -0.1) is 11.3 Å². The molecule has 0 unspecified atom stereocenters. The Bertz CT molecular complexity index is 970. The van der Waals surface area contributed by atoms with Gasteiger partial charge < -0.3 is 5.32 Å². The van der Waals surface area contributed by atoms with E-state index in [0.29, 0.717) is 11.3 Å². The summed E-state index contributed by atoms with van der Waals surface area (Å²) in [5.41, 5.74) is 0.714. The Morgan fingerprint density at radius 2 is 1.72 bits per heavy atom. The summed E-state index contributed by atoms with van der Waals surface area (Å²) in [6.07, 6.45) is 1.50.